The lowest BCUT2D eigenvalue weighted by atomic mass is 10.1. The van der Waals surface area contributed by atoms with Crippen LogP contribution in [-0.2, 0) is 21.2 Å². The topological polar surface area (TPSA) is 57.7 Å². The molecule has 6 heteroatoms. The molecule has 4 rings (SSSR count). The number of fused-ring (bicyclic) bond motifs is 1. The van der Waals surface area contributed by atoms with Crippen LogP contribution >= 0.6 is 0 Å². The van der Waals surface area contributed by atoms with Crippen LogP contribution in [0.5, 0.6) is 0 Å². The van der Waals surface area contributed by atoms with E-state index in [0.29, 0.717) is 18.0 Å². The van der Waals surface area contributed by atoms with Gasteiger partial charge in [-0.25, -0.2) is 8.42 Å². The second-order valence-corrected chi connectivity index (χ2v) is 8.88. The zero-order valence-corrected chi connectivity index (χ0v) is 14.2. The highest BCUT2D eigenvalue weighted by Crippen LogP contribution is 2.39. The van der Waals surface area contributed by atoms with E-state index in [-0.39, 0.29) is 17.9 Å². The van der Waals surface area contributed by atoms with Crippen LogP contribution in [0.1, 0.15) is 38.2 Å². The van der Waals surface area contributed by atoms with Gasteiger partial charge in [0.25, 0.3) is 0 Å². The summed E-state index contributed by atoms with van der Waals surface area (Å²) in [4.78, 5) is 14.7. The average molecular weight is 334 g/mol. The Labute approximate surface area is 137 Å². The standard InChI is InChI=1S/C17H22N2O3S/c1-12-10-14-11-15(23(21,22)18-8-2-3-9-18)6-7-16(14)19(12)17(20)13-4-5-13/h6-7,11-13H,2-5,8-10H2,1H3. The van der Waals surface area contributed by atoms with E-state index in [1.54, 1.807) is 16.4 Å². The summed E-state index contributed by atoms with van der Waals surface area (Å²) in [5.41, 5.74) is 1.88. The molecule has 23 heavy (non-hydrogen) atoms. The molecule has 1 atom stereocenters. The van der Waals surface area contributed by atoms with Gasteiger partial charge in [-0.15, -0.1) is 0 Å². The molecule has 1 unspecified atom stereocenters. The minimum atomic E-state index is -3.39. The first-order chi connectivity index (χ1) is 11.0. The minimum Gasteiger partial charge on any atom is -0.309 e. The number of hydrogen-bond donors (Lipinski definition) is 0. The normalized spacial score (nSPS) is 24.9. The maximum Gasteiger partial charge on any atom is 0.243 e. The third-order valence-electron chi connectivity index (χ3n) is 5.13. The number of amides is 1. The lowest BCUT2D eigenvalue weighted by Gasteiger charge is -2.23. The monoisotopic (exact) mass is 334 g/mol. The molecule has 1 aromatic carbocycles. The lowest BCUT2D eigenvalue weighted by molar-refractivity contribution is -0.120. The van der Waals surface area contributed by atoms with Crippen molar-refractivity contribution in [2.45, 2.75) is 50.0 Å². The van der Waals surface area contributed by atoms with Gasteiger partial charge in [-0.2, -0.15) is 4.31 Å². The Balaban J connectivity index is 1.67. The number of carbonyl (C=O) groups excluding carboxylic acids is 1. The number of sulfonamides is 1. The Kier molecular flexibility index (Phi) is 3.50. The van der Waals surface area contributed by atoms with E-state index in [0.717, 1.165) is 43.4 Å². The molecule has 1 saturated heterocycles. The van der Waals surface area contributed by atoms with Gasteiger partial charge in [-0.1, -0.05) is 0 Å². The van der Waals surface area contributed by atoms with Crippen molar-refractivity contribution in [2.75, 3.05) is 18.0 Å². The number of carbonyl (C=O) groups is 1. The summed E-state index contributed by atoms with van der Waals surface area (Å²) >= 11 is 0. The van der Waals surface area contributed by atoms with E-state index in [2.05, 4.69) is 0 Å². The van der Waals surface area contributed by atoms with Crippen LogP contribution in [0.3, 0.4) is 0 Å². The second kappa shape index (κ2) is 5.31. The van der Waals surface area contributed by atoms with E-state index in [4.69, 9.17) is 0 Å². The van der Waals surface area contributed by atoms with Crippen LogP contribution < -0.4 is 4.90 Å². The zero-order chi connectivity index (χ0) is 16.2. The summed E-state index contributed by atoms with van der Waals surface area (Å²) < 4.78 is 27.0. The highest BCUT2D eigenvalue weighted by molar-refractivity contribution is 7.89. The molecule has 1 aromatic rings. The molecule has 1 amide bonds. The van der Waals surface area contributed by atoms with Gasteiger partial charge >= 0.3 is 0 Å². The van der Waals surface area contributed by atoms with Crippen molar-refractivity contribution in [3.05, 3.63) is 23.8 Å². The van der Waals surface area contributed by atoms with Crippen LogP contribution in [0.15, 0.2) is 23.1 Å². The first-order valence-electron chi connectivity index (χ1n) is 8.44. The highest BCUT2D eigenvalue weighted by Gasteiger charge is 2.40. The Morgan fingerprint density at radius 3 is 2.52 bits per heavy atom. The quantitative estimate of drug-likeness (QED) is 0.851. The smallest absolute Gasteiger partial charge is 0.243 e. The van der Waals surface area contributed by atoms with Crippen molar-refractivity contribution in [1.82, 2.24) is 4.31 Å². The fraction of sp³-hybridized carbons (Fsp3) is 0.588. The van der Waals surface area contributed by atoms with Crippen LogP contribution in [0.2, 0.25) is 0 Å². The van der Waals surface area contributed by atoms with Crippen molar-refractivity contribution in [1.29, 1.82) is 0 Å². The van der Waals surface area contributed by atoms with Crippen molar-refractivity contribution in [2.24, 2.45) is 5.92 Å². The third-order valence-corrected chi connectivity index (χ3v) is 7.03. The van der Waals surface area contributed by atoms with Crippen molar-refractivity contribution in [3.8, 4) is 0 Å². The maximum atomic E-state index is 12.7. The lowest BCUT2D eigenvalue weighted by Crippen LogP contribution is -2.36. The van der Waals surface area contributed by atoms with Gasteiger partial charge in [0.05, 0.1) is 4.90 Å². The van der Waals surface area contributed by atoms with Gasteiger partial charge in [-0.05, 0) is 62.8 Å². The summed E-state index contributed by atoms with van der Waals surface area (Å²) in [5.74, 6) is 0.378. The molecular formula is C17H22N2O3S. The highest BCUT2D eigenvalue weighted by atomic mass is 32.2. The van der Waals surface area contributed by atoms with Crippen molar-refractivity contribution >= 4 is 21.6 Å². The van der Waals surface area contributed by atoms with E-state index < -0.39 is 10.0 Å². The summed E-state index contributed by atoms with van der Waals surface area (Å²) in [5, 5.41) is 0. The van der Waals surface area contributed by atoms with Gasteiger partial charge in [0.15, 0.2) is 0 Å². The number of rotatable bonds is 3. The van der Waals surface area contributed by atoms with Crippen molar-refractivity contribution < 1.29 is 13.2 Å². The first-order valence-corrected chi connectivity index (χ1v) is 9.88. The van der Waals surface area contributed by atoms with Crippen molar-refractivity contribution in [3.63, 3.8) is 0 Å². The maximum absolute atomic E-state index is 12.7. The minimum absolute atomic E-state index is 0.114. The SMILES string of the molecule is CC1Cc2cc(S(=O)(=O)N3CCCC3)ccc2N1C(=O)C1CC1. The molecule has 0 N–H and O–H groups in total. The molecule has 124 valence electrons. The number of hydrogen-bond acceptors (Lipinski definition) is 3. The molecule has 5 nitrogen and oxygen atoms in total. The largest absolute Gasteiger partial charge is 0.309 e. The third kappa shape index (κ3) is 2.48. The van der Waals surface area contributed by atoms with Crippen LogP contribution in [0.25, 0.3) is 0 Å². The van der Waals surface area contributed by atoms with Gasteiger partial charge in [0.2, 0.25) is 15.9 Å². The van der Waals surface area contributed by atoms with E-state index in [9.17, 15) is 13.2 Å². The molecule has 2 heterocycles. The van der Waals surface area contributed by atoms with E-state index in [1.807, 2.05) is 17.9 Å². The molecule has 2 fully saturated rings. The summed E-state index contributed by atoms with van der Waals surface area (Å²) in [7, 11) is -3.39. The fourth-order valence-electron chi connectivity index (χ4n) is 3.71. The summed E-state index contributed by atoms with van der Waals surface area (Å²) in [6.45, 7) is 3.26. The number of anilines is 1. The molecule has 0 radical (unpaired) electrons. The van der Waals surface area contributed by atoms with Crippen LogP contribution in [0.4, 0.5) is 5.69 Å². The predicted octanol–water partition coefficient (Wildman–Crippen LogP) is 2.16. The molecule has 1 saturated carbocycles. The molecule has 0 spiro atoms. The fourth-order valence-corrected chi connectivity index (χ4v) is 5.28. The zero-order valence-electron chi connectivity index (χ0n) is 13.4. The van der Waals surface area contributed by atoms with E-state index in [1.165, 1.54) is 0 Å². The van der Waals surface area contributed by atoms with Gasteiger partial charge in [-0.3, -0.25) is 4.79 Å². The molecule has 2 aliphatic heterocycles. The Hall–Kier alpha value is -1.40. The Morgan fingerprint density at radius 1 is 1.17 bits per heavy atom. The second-order valence-electron chi connectivity index (χ2n) is 6.94. The molecular weight excluding hydrogens is 312 g/mol. The van der Waals surface area contributed by atoms with Crippen LogP contribution in [0, 0.1) is 5.92 Å². The summed E-state index contributed by atoms with van der Waals surface area (Å²) in [6, 6.07) is 5.38. The molecule has 0 bridgehead atoms. The number of benzene rings is 1. The predicted molar refractivity (Wildman–Crippen MR) is 87.8 cm³/mol. The van der Waals surface area contributed by atoms with Gasteiger partial charge in [0.1, 0.15) is 0 Å². The molecule has 0 aromatic heterocycles. The van der Waals surface area contributed by atoms with Gasteiger partial charge in [0, 0.05) is 30.7 Å². The Morgan fingerprint density at radius 2 is 1.87 bits per heavy atom. The molecule has 3 aliphatic rings. The van der Waals surface area contributed by atoms with Gasteiger partial charge < -0.3 is 4.90 Å². The summed E-state index contributed by atoms with van der Waals surface area (Å²) in [6.07, 6.45) is 4.57. The Bertz CT molecular complexity index is 749. The number of nitrogens with zero attached hydrogens (tertiary/aromatic N) is 2. The first kappa shape index (κ1) is 15.1. The van der Waals surface area contributed by atoms with E-state index >= 15 is 0 Å². The molecule has 1 aliphatic carbocycles. The average Bonchev–Trinajstić information content (AvgIpc) is 3.10. The van der Waals surface area contributed by atoms with Crippen LogP contribution in [-0.4, -0.2) is 37.8 Å².